The van der Waals surface area contributed by atoms with E-state index in [9.17, 15) is 14.4 Å². The highest BCUT2D eigenvalue weighted by molar-refractivity contribution is 5.86. The van der Waals surface area contributed by atoms with Gasteiger partial charge in [-0.2, -0.15) is 0 Å². The summed E-state index contributed by atoms with van der Waals surface area (Å²) in [5.41, 5.74) is 5.05. The maximum absolute atomic E-state index is 11.7. The molecular formula is C12H21N3O3. The fraction of sp³-hybridized carbons (Fsp3) is 0.750. The highest BCUT2D eigenvalue weighted by Gasteiger charge is 2.18. The predicted octanol–water partition coefficient (Wildman–Crippen LogP) is -0.231. The van der Waals surface area contributed by atoms with Crippen LogP contribution in [0.4, 0.5) is 0 Å². The molecule has 102 valence electrons. The molecular weight excluding hydrogens is 234 g/mol. The Morgan fingerprint density at radius 3 is 2.78 bits per heavy atom. The number of carbonyl (C=O) groups excluding carboxylic acids is 3. The lowest BCUT2D eigenvalue weighted by Crippen LogP contribution is -2.43. The van der Waals surface area contributed by atoms with Crippen molar-refractivity contribution in [3.63, 3.8) is 0 Å². The van der Waals surface area contributed by atoms with Gasteiger partial charge < -0.3 is 16.0 Å². The lowest BCUT2D eigenvalue weighted by molar-refractivity contribution is -0.132. The first kappa shape index (κ1) is 14.5. The Kier molecular flexibility index (Phi) is 5.61. The molecule has 1 rings (SSSR count). The second kappa shape index (κ2) is 6.98. The van der Waals surface area contributed by atoms with Gasteiger partial charge in [0.15, 0.2) is 0 Å². The summed E-state index contributed by atoms with van der Waals surface area (Å²) in [6.45, 7) is 2.67. The molecule has 1 atom stereocenters. The SMILES string of the molecule is C[C@H](NC(=O)CCN1CCCCCC1=O)C(N)=O. The summed E-state index contributed by atoms with van der Waals surface area (Å²) in [7, 11) is 0. The van der Waals surface area contributed by atoms with Crippen LogP contribution in [0.5, 0.6) is 0 Å². The van der Waals surface area contributed by atoms with Crippen molar-refractivity contribution in [2.24, 2.45) is 5.73 Å². The number of amides is 3. The fourth-order valence-corrected chi connectivity index (χ4v) is 1.90. The van der Waals surface area contributed by atoms with Crippen molar-refractivity contribution in [3.05, 3.63) is 0 Å². The molecule has 1 aliphatic heterocycles. The number of nitrogens with zero attached hydrogens (tertiary/aromatic N) is 1. The summed E-state index contributed by atoms with van der Waals surface area (Å²) >= 11 is 0. The van der Waals surface area contributed by atoms with Gasteiger partial charge in [0, 0.05) is 25.9 Å². The predicted molar refractivity (Wildman–Crippen MR) is 66.5 cm³/mol. The largest absolute Gasteiger partial charge is 0.368 e. The lowest BCUT2D eigenvalue weighted by Gasteiger charge is -2.20. The first-order chi connectivity index (χ1) is 8.50. The highest BCUT2D eigenvalue weighted by atomic mass is 16.2. The van der Waals surface area contributed by atoms with Crippen LogP contribution < -0.4 is 11.1 Å². The zero-order chi connectivity index (χ0) is 13.5. The Morgan fingerprint density at radius 1 is 1.39 bits per heavy atom. The van der Waals surface area contributed by atoms with Crippen LogP contribution in [0, 0.1) is 0 Å². The number of hydrogen-bond donors (Lipinski definition) is 2. The molecule has 3 amide bonds. The maximum Gasteiger partial charge on any atom is 0.239 e. The monoisotopic (exact) mass is 255 g/mol. The molecule has 0 saturated carbocycles. The van der Waals surface area contributed by atoms with Crippen molar-refractivity contribution < 1.29 is 14.4 Å². The molecule has 1 aliphatic rings. The normalized spacial score (nSPS) is 18.1. The molecule has 0 aromatic heterocycles. The van der Waals surface area contributed by atoms with Crippen molar-refractivity contribution in [3.8, 4) is 0 Å². The summed E-state index contributed by atoms with van der Waals surface area (Å²) in [6.07, 6.45) is 3.76. The highest BCUT2D eigenvalue weighted by Crippen LogP contribution is 2.11. The van der Waals surface area contributed by atoms with E-state index in [1.165, 1.54) is 6.92 Å². The van der Waals surface area contributed by atoms with E-state index in [4.69, 9.17) is 5.73 Å². The number of rotatable bonds is 5. The summed E-state index contributed by atoms with van der Waals surface area (Å²) in [5.74, 6) is -0.698. The molecule has 0 unspecified atom stereocenters. The van der Waals surface area contributed by atoms with Gasteiger partial charge in [-0.1, -0.05) is 6.42 Å². The molecule has 0 aromatic rings. The van der Waals surface area contributed by atoms with Crippen molar-refractivity contribution in [1.82, 2.24) is 10.2 Å². The van der Waals surface area contributed by atoms with Gasteiger partial charge in [0.25, 0.3) is 0 Å². The van der Waals surface area contributed by atoms with Gasteiger partial charge in [-0.15, -0.1) is 0 Å². The second-order valence-corrected chi connectivity index (χ2v) is 4.63. The summed E-state index contributed by atoms with van der Waals surface area (Å²) < 4.78 is 0. The average Bonchev–Trinajstić information content (AvgIpc) is 2.51. The lowest BCUT2D eigenvalue weighted by atomic mass is 10.2. The molecule has 6 nitrogen and oxygen atoms in total. The molecule has 18 heavy (non-hydrogen) atoms. The molecule has 0 bridgehead atoms. The van der Waals surface area contributed by atoms with Crippen LogP contribution in [0.1, 0.15) is 39.0 Å². The number of hydrogen-bond acceptors (Lipinski definition) is 3. The van der Waals surface area contributed by atoms with Crippen LogP contribution in [0.2, 0.25) is 0 Å². The minimum Gasteiger partial charge on any atom is -0.368 e. The Morgan fingerprint density at radius 2 is 2.11 bits per heavy atom. The summed E-state index contributed by atoms with van der Waals surface area (Å²) in [5, 5.41) is 2.50. The molecule has 1 saturated heterocycles. The van der Waals surface area contributed by atoms with Gasteiger partial charge >= 0.3 is 0 Å². The summed E-state index contributed by atoms with van der Waals surface area (Å²) in [4.78, 5) is 35.7. The standard InChI is InChI=1S/C12H21N3O3/c1-9(12(13)18)14-10(16)6-8-15-7-4-2-3-5-11(15)17/h9H,2-8H2,1H3,(H2,13,18)(H,14,16)/t9-/m0/s1. The van der Waals surface area contributed by atoms with Crippen molar-refractivity contribution in [1.29, 1.82) is 0 Å². The van der Waals surface area contributed by atoms with Crippen LogP contribution in [0.25, 0.3) is 0 Å². The third kappa shape index (κ3) is 4.73. The second-order valence-electron chi connectivity index (χ2n) is 4.63. The molecule has 0 aromatic carbocycles. The molecule has 0 radical (unpaired) electrons. The van der Waals surface area contributed by atoms with E-state index in [1.54, 1.807) is 4.90 Å². The van der Waals surface area contributed by atoms with E-state index in [0.717, 1.165) is 25.8 Å². The van der Waals surface area contributed by atoms with Crippen molar-refractivity contribution in [2.45, 2.75) is 45.1 Å². The van der Waals surface area contributed by atoms with Crippen molar-refractivity contribution >= 4 is 17.7 Å². The van der Waals surface area contributed by atoms with E-state index in [2.05, 4.69) is 5.32 Å². The van der Waals surface area contributed by atoms with E-state index >= 15 is 0 Å². The van der Waals surface area contributed by atoms with Gasteiger partial charge in [-0.05, 0) is 19.8 Å². The smallest absolute Gasteiger partial charge is 0.239 e. The molecule has 0 aliphatic carbocycles. The summed E-state index contributed by atoms with van der Waals surface area (Å²) in [6, 6.07) is -0.669. The Labute approximate surface area is 107 Å². The Bertz CT molecular complexity index is 331. The van der Waals surface area contributed by atoms with Gasteiger partial charge in [0.05, 0.1) is 0 Å². The number of likely N-dealkylation sites (tertiary alicyclic amines) is 1. The van der Waals surface area contributed by atoms with E-state index in [1.807, 2.05) is 0 Å². The van der Waals surface area contributed by atoms with Gasteiger partial charge in [0.1, 0.15) is 6.04 Å². The van der Waals surface area contributed by atoms with Crippen LogP contribution in [0.3, 0.4) is 0 Å². The zero-order valence-electron chi connectivity index (χ0n) is 10.8. The number of carbonyl (C=O) groups is 3. The van der Waals surface area contributed by atoms with Crippen LogP contribution in [-0.2, 0) is 14.4 Å². The first-order valence-electron chi connectivity index (χ1n) is 6.37. The number of primary amides is 1. The topological polar surface area (TPSA) is 92.5 Å². The van der Waals surface area contributed by atoms with Gasteiger partial charge in [-0.25, -0.2) is 0 Å². The third-order valence-corrected chi connectivity index (χ3v) is 3.08. The van der Waals surface area contributed by atoms with E-state index < -0.39 is 11.9 Å². The first-order valence-corrected chi connectivity index (χ1v) is 6.37. The molecule has 3 N–H and O–H groups in total. The van der Waals surface area contributed by atoms with Crippen molar-refractivity contribution in [2.75, 3.05) is 13.1 Å². The Balaban J connectivity index is 2.32. The molecule has 1 fully saturated rings. The number of nitrogens with two attached hydrogens (primary N) is 1. The van der Waals surface area contributed by atoms with Gasteiger partial charge in [0.2, 0.25) is 17.7 Å². The molecule has 1 heterocycles. The average molecular weight is 255 g/mol. The van der Waals surface area contributed by atoms with E-state index in [0.29, 0.717) is 13.0 Å². The quantitative estimate of drug-likeness (QED) is 0.710. The third-order valence-electron chi connectivity index (χ3n) is 3.08. The molecule has 0 spiro atoms. The van der Waals surface area contributed by atoms with Crippen LogP contribution >= 0.6 is 0 Å². The van der Waals surface area contributed by atoms with Crippen LogP contribution in [0.15, 0.2) is 0 Å². The Hall–Kier alpha value is -1.59. The van der Waals surface area contributed by atoms with Gasteiger partial charge in [-0.3, -0.25) is 14.4 Å². The fourth-order valence-electron chi connectivity index (χ4n) is 1.90. The number of nitrogens with one attached hydrogen (secondary N) is 1. The van der Waals surface area contributed by atoms with Crippen LogP contribution in [-0.4, -0.2) is 41.8 Å². The zero-order valence-corrected chi connectivity index (χ0v) is 10.8. The maximum atomic E-state index is 11.7. The molecule has 6 heteroatoms. The van der Waals surface area contributed by atoms with E-state index in [-0.39, 0.29) is 18.2 Å². The minimum atomic E-state index is -0.669. The minimum absolute atomic E-state index is 0.114.